The summed E-state index contributed by atoms with van der Waals surface area (Å²) in [7, 11) is -4.09. The van der Waals surface area contributed by atoms with Crippen LogP contribution in [0.2, 0.25) is 5.02 Å². The van der Waals surface area contributed by atoms with Crippen molar-refractivity contribution in [3.63, 3.8) is 0 Å². The minimum atomic E-state index is -4.09. The van der Waals surface area contributed by atoms with Crippen molar-refractivity contribution < 1.29 is 22.5 Å². The first-order valence-corrected chi connectivity index (χ1v) is 13.0. The maximum absolute atomic E-state index is 12.8. The van der Waals surface area contributed by atoms with Crippen molar-refractivity contribution in [2.45, 2.75) is 25.9 Å². The highest BCUT2D eigenvalue weighted by atomic mass is 79.9. The third-order valence-corrected chi connectivity index (χ3v) is 6.82. The van der Waals surface area contributed by atoms with Crippen LogP contribution in [0.3, 0.4) is 0 Å². The van der Waals surface area contributed by atoms with Crippen LogP contribution in [-0.4, -0.2) is 66.7 Å². The fourth-order valence-corrected chi connectivity index (χ4v) is 4.75. The molecule has 1 atom stereocenters. The lowest BCUT2D eigenvalue weighted by Gasteiger charge is -2.40. The quantitative estimate of drug-likeness (QED) is 0.510. The number of carbonyl (C=O) groups excluding carboxylic acids is 1. The van der Waals surface area contributed by atoms with Crippen LogP contribution in [0.1, 0.15) is 18.1 Å². The molecule has 2 aromatic carbocycles. The molecule has 1 saturated heterocycles. The number of nitrogens with zero attached hydrogens (tertiary/aromatic N) is 2. The molecule has 0 aromatic heterocycles. The van der Waals surface area contributed by atoms with Crippen molar-refractivity contribution in [1.29, 1.82) is 0 Å². The Morgan fingerprint density at radius 1 is 1.22 bits per heavy atom. The molecule has 0 radical (unpaired) electrons. The summed E-state index contributed by atoms with van der Waals surface area (Å²) in [6.07, 6.45) is 0.0849. The topological polar surface area (TPSA) is 87.2 Å². The van der Waals surface area contributed by atoms with E-state index in [-0.39, 0.29) is 25.0 Å². The third kappa shape index (κ3) is 7.45. The smallest absolute Gasteiger partial charge is 0.265 e. The molecule has 7 nitrogen and oxygen atoms in total. The van der Waals surface area contributed by atoms with Crippen LogP contribution < -0.4 is 4.74 Å². The Kier molecular flexibility index (Phi) is 8.57. The van der Waals surface area contributed by atoms with Crippen molar-refractivity contribution in [3.8, 4) is 5.75 Å². The molecule has 1 amide bonds. The van der Waals surface area contributed by atoms with Gasteiger partial charge in [0, 0.05) is 41.7 Å². The summed E-state index contributed by atoms with van der Waals surface area (Å²) < 4.78 is 37.7. The Morgan fingerprint density at radius 2 is 1.94 bits per heavy atom. The minimum Gasteiger partial charge on any atom is -0.483 e. The van der Waals surface area contributed by atoms with E-state index in [0.717, 1.165) is 24.1 Å². The van der Waals surface area contributed by atoms with Crippen molar-refractivity contribution in [3.05, 3.63) is 63.1 Å². The van der Waals surface area contributed by atoms with Crippen LogP contribution in [0.15, 0.2) is 46.9 Å². The second-order valence-corrected chi connectivity index (χ2v) is 10.8. The molecule has 0 unspecified atom stereocenters. The van der Waals surface area contributed by atoms with Gasteiger partial charge in [0.15, 0.2) is 6.61 Å². The van der Waals surface area contributed by atoms with Gasteiger partial charge in [-0.25, -0.2) is 0 Å². The van der Waals surface area contributed by atoms with Crippen molar-refractivity contribution in [2.24, 2.45) is 0 Å². The lowest BCUT2D eigenvalue weighted by atomic mass is 10.1. The fourth-order valence-electron chi connectivity index (χ4n) is 3.74. The van der Waals surface area contributed by atoms with Gasteiger partial charge < -0.3 is 9.64 Å². The highest BCUT2D eigenvalue weighted by molar-refractivity contribution is 9.10. The van der Waals surface area contributed by atoms with E-state index in [1.165, 1.54) is 5.56 Å². The number of piperazine rings is 1. The second-order valence-electron chi connectivity index (χ2n) is 7.87. The van der Waals surface area contributed by atoms with Crippen LogP contribution >= 0.6 is 27.5 Å². The summed E-state index contributed by atoms with van der Waals surface area (Å²) in [5, 5.41) is 0.712. The van der Waals surface area contributed by atoms with Gasteiger partial charge in [-0.3, -0.25) is 14.2 Å². The summed E-state index contributed by atoms with van der Waals surface area (Å²) in [6.45, 7) is 4.80. The van der Waals surface area contributed by atoms with Gasteiger partial charge in [-0.2, -0.15) is 8.42 Å². The molecule has 0 spiro atoms. The predicted octanol–water partition coefficient (Wildman–Crippen LogP) is 3.64. The fraction of sp³-hybridized carbons (Fsp3) is 0.409. The molecule has 10 heteroatoms. The molecule has 1 aliphatic rings. The van der Waals surface area contributed by atoms with Crippen LogP contribution in [0, 0.1) is 0 Å². The molecule has 32 heavy (non-hydrogen) atoms. The Balaban J connectivity index is 1.55. The summed E-state index contributed by atoms with van der Waals surface area (Å²) in [5.41, 5.74) is 1.78. The van der Waals surface area contributed by atoms with Gasteiger partial charge in [0.1, 0.15) is 5.75 Å². The van der Waals surface area contributed by atoms with Gasteiger partial charge in [-0.05, 0) is 54.8 Å². The van der Waals surface area contributed by atoms with Crippen LogP contribution in [-0.2, 0) is 27.9 Å². The van der Waals surface area contributed by atoms with Crippen LogP contribution in [0.5, 0.6) is 5.75 Å². The number of halogens is 2. The molecular weight excluding hydrogens is 520 g/mol. The lowest BCUT2D eigenvalue weighted by Crippen LogP contribution is -2.54. The highest BCUT2D eigenvalue weighted by Crippen LogP contribution is 2.24. The summed E-state index contributed by atoms with van der Waals surface area (Å²) in [5.74, 6) is -0.105. The van der Waals surface area contributed by atoms with Crippen molar-refractivity contribution in [1.82, 2.24) is 9.80 Å². The van der Waals surface area contributed by atoms with Crippen LogP contribution in [0.4, 0.5) is 0 Å². The standard InChI is InChI=1S/C22H26BrClN2O5S/c1-16-13-25(14-17-2-5-20(24)6-3-17)9-10-26(16)22(27)15-31-21-7-4-19(23)12-18(21)8-11-32(28,29)30/h2-7,12,16H,8-11,13-15H2,1H3,(H,28,29,30)/t16-/m1/s1. The Bertz CT molecular complexity index is 1050. The molecule has 1 N–H and O–H groups in total. The maximum atomic E-state index is 12.8. The van der Waals surface area contributed by atoms with E-state index in [2.05, 4.69) is 20.8 Å². The van der Waals surface area contributed by atoms with Gasteiger partial charge in [0.05, 0.1) is 5.75 Å². The Morgan fingerprint density at radius 3 is 2.59 bits per heavy atom. The van der Waals surface area contributed by atoms with E-state index < -0.39 is 15.9 Å². The maximum Gasteiger partial charge on any atom is 0.265 e. The molecule has 1 aliphatic heterocycles. The number of hydrogen-bond acceptors (Lipinski definition) is 5. The van der Waals surface area contributed by atoms with Gasteiger partial charge in [0.25, 0.3) is 16.0 Å². The summed E-state index contributed by atoms with van der Waals surface area (Å²) in [6, 6.07) is 13.0. The second kappa shape index (κ2) is 11.0. The predicted molar refractivity (Wildman–Crippen MR) is 128 cm³/mol. The van der Waals surface area contributed by atoms with Crippen LogP contribution in [0.25, 0.3) is 0 Å². The molecule has 174 valence electrons. The zero-order valence-electron chi connectivity index (χ0n) is 17.7. The number of carbonyl (C=O) groups is 1. The number of aryl methyl sites for hydroxylation is 1. The van der Waals surface area contributed by atoms with E-state index in [4.69, 9.17) is 20.9 Å². The SMILES string of the molecule is C[C@@H]1CN(Cc2ccc(Cl)cc2)CCN1C(=O)COc1ccc(Br)cc1CCS(=O)(=O)O. The highest BCUT2D eigenvalue weighted by Gasteiger charge is 2.27. The Labute approximate surface area is 202 Å². The first kappa shape index (κ1) is 25.0. The molecule has 1 heterocycles. The number of ether oxygens (including phenoxy) is 1. The number of amides is 1. The minimum absolute atomic E-state index is 0.0380. The number of rotatable bonds is 8. The monoisotopic (exact) mass is 544 g/mol. The summed E-state index contributed by atoms with van der Waals surface area (Å²) >= 11 is 9.30. The van der Waals surface area contributed by atoms with E-state index in [9.17, 15) is 13.2 Å². The zero-order chi connectivity index (χ0) is 23.3. The zero-order valence-corrected chi connectivity index (χ0v) is 20.9. The Hall–Kier alpha value is -1.65. The van der Waals surface area contributed by atoms with Gasteiger partial charge in [0.2, 0.25) is 0 Å². The van der Waals surface area contributed by atoms with Gasteiger partial charge >= 0.3 is 0 Å². The number of benzene rings is 2. The summed E-state index contributed by atoms with van der Waals surface area (Å²) in [4.78, 5) is 16.9. The lowest BCUT2D eigenvalue weighted by molar-refractivity contribution is -0.138. The van der Waals surface area contributed by atoms with E-state index in [1.807, 2.05) is 36.1 Å². The largest absolute Gasteiger partial charge is 0.483 e. The molecule has 2 aromatic rings. The first-order valence-electron chi connectivity index (χ1n) is 10.2. The van der Waals surface area contributed by atoms with E-state index in [0.29, 0.717) is 22.9 Å². The van der Waals surface area contributed by atoms with E-state index in [1.54, 1.807) is 18.2 Å². The normalized spacial score (nSPS) is 17.4. The molecular formula is C22H26BrClN2O5S. The molecule has 0 saturated carbocycles. The molecule has 0 bridgehead atoms. The average molecular weight is 546 g/mol. The molecule has 1 fully saturated rings. The van der Waals surface area contributed by atoms with E-state index >= 15 is 0 Å². The average Bonchev–Trinajstić information content (AvgIpc) is 2.72. The number of hydrogen-bond donors (Lipinski definition) is 1. The van der Waals surface area contributed by atoms with Crippen molar-refractivity contribution in [2.75, 3.05) is 32.0 Å². The van der Waals surface area contributed by atoms with Gasteiger partial charge in [-0.1, -0.05) is 39.7 Å². The van der Waals surface area contributed by atoms with Gasteiger partial charge in [-0.15, -0.1) is 0 Å². The first-order chi connectivity index (χ1) is 15.1. The third-order valence-electron chi connectivity index (χ3n) is 5.35. The molecule has 3 rings (SSSR count). The van der Waals surface area contributed by atoms with Crippen molar-refractivity contribution >= 4 is 43.6 Å². The molecule has 0 aliphatic carbocycles.